The summed E-state index contributed by atoms with van der Waals surface area (Å²) >= 11 is 0. The minimum atomic E-state index is -4.40. The van der Waals surface area contributed by atoms with Crippen molar-refractivity contribution in [1.29, 1.82) is 0 Å². The quantitative estimate of drug-likeness (QED) is 0.300. The topological polar surface area (TPSA) is 42.2 Å². The lowest BCUT2D eigenvalue weighted by atomic mass is 10.0. The van der Waals surface area contributed by atoms with Crippen LogP contribution in [0.3, 0.4) is 0 Å². The SMILES string of the molecule is C\C=C/C(=C\C(=C\CC)C(F)(F)F)c1cc2n(n1)CCCC2NC(=NC)C1=C(C)CCC1. The van der Waals surface area contributed by atoms with Crippen LogP contribution >= 0.6 is 0 Å². The number of allylic oxidation sites excluding steroid dienone is 7. The second-order valence-electron chi connectivity index (χ2n) is 8.37. The molecule has 0 aromatic carbocycles. The summed E-state index contributed by atoms with van der Waals surface area (Å²) < 4.78 is 42.4. The van der Waals surface area contributed by atoms with Crippen LogP contribution in [0.4, 0.5) is 13.2 Å². The molecule has 1 N–H and O–H groups in total. The molecule has 0 radical (unpaired) electrons. The van der Waals surface area contributed by atoms with Crippen molar-refractivity contribution in [3.8, 4) is 0 Å². The molecule has 1 unspecified atom stereocenters. The van der Waals surface area contributed by atoms with Crippen molar-refractivity contribution in [3.05, 3.63) is 58.5 Å². The zero-order chi connectivity index (χ0) is 23.3. The molecule has 2 aliphatic rings. The largest absolute Gasteiger partial charge is 0.416 e. The van der Waals surface area contributed by atoms with Crippen LogP contribution in [0.2, 0.25) is 0 Å². The average molecular weight is 447 g/mol. The van der Waals surface area contributed by atoms with Gasteiger partial charge in [0.25, 0.3) is 0 Å². The summed E-state index contributed by atoms with van der Waals surface area (Å²) in [4.78, 5) is 4.51. The van der Waals surface area contributed by atoms with E-state index in [0.29, 0.717) is 17.7 Å². The Kier molecular flexibility index (Phi) is 7.80. The highest BCUT2D eigenvalue weighted by atomic mass is 19.4. The molecule has 1 aliphatic carbocycles. The summed E-state index contributed by atoms with van der Waals surface area (Å²) in [5.41, 5.74) is 4.04. The van der Waals surface area contributed by atoms with Gasteiger partial charge >= 0.3 is 6.18 Å². The Morgan fingerprint density at radius 3 is 2.69 bits per heavy atom. The van der Waals surface area contributed by atoms with E-state index in [1.54, 1.807) is 33.0 Å². The number of nitrogens with zero attached hydrogens (tertiary/aromatic N) is 3. The van der Waals surface area contributed by atoms with E-state index in [0.717, 1.165) is 50.2 Å². The van der Waals surface area contributed by atoms with Crippen LogP contribution in [0.25, 0.3) is 5.57 Å². The molecular weight excluding hydrogens is 413 g/mol. The van der Waals surface area contributed by atoms with Gasteiger partial charge in [-0.25, -0.2) is 0 Å². The maximum absolute atomic E-state index is 13.5. The molecule has 1 aliphatic heterocycles. The Balaban J connectivity index is 1.95. The lowest BCUT2D eigenvalue weighted by Gasteiger charge is -2.26. The van der Waals surface area contributed by atoms with Crippen molar-refractivity contribution in [3.63, 3.8) is 0 Å². The molecule has 4 nitrogen and oxygen atoms in total. The smallest absolute Gasteiger partial charge is 0.362 e. The van der Waals surface area contributed by atoms with E-state index in [1.165, 1.54) is 23.3 Å². The first kappa shape index (κ1) is 24.1. The molecule has 0 fully saturated rings. The van der Waals surface area contributed by atoms with Crippen LogP contribution in [0.5, 0.6) is 0 Å². The highest BCUT2D eigenvalue weighted by Crippen LogP contribution is 2.33. The molecule has 1 aromatic rings. The number of fused-ring (bicyclic) bond motifs is 1. The molecular formula is C25H33F3N4. The molecule has 2 heterocycles. The first-order chi connectivity index (χ1) is 15.3. The van der Waals surface area contributed by atoms with Gasteiger partial charge in [0, 0.05) is 19.2 Å². The van der Waals surface area contributed by atoms with Crippen molar-refractivity contribution >= 4 is 11.4 Å². The van der Waals surface area contributed by atoms with Crippen molar-refractivity contribution in [2.24, 2.45) is 4.99 Å². The number of hydrogen-bond acceptors (Lipinski definition) is 2. The van der Waals surface area contributed by atoms with Gasteiger partial charge in [0.1, 0.15) is 5.84 Å². The number of aliphatic imine (C=N–C) groups is 1. The summed E-state index contributed by atoms with van der Waals surface area (Å²) in [6.07, 6.45) is 6.94. The third kappa shape index (κ3) is 5.43. The predicted molar refractivity (Wildman–Crippen MR) is 124 cm³/mol. The van der Waals surface area contributed by atoms with E-state index in [-0.39, 0.29) is 6.04 Å². The van der Waals surface area contributed by atoms with Gasteiger partial charge in [-0.05, 0) is 70.1 Å². The molecule has 32 heavy (non-hydrogen) atoms. The number of rotatable bonds is 6. The minimum absolute atomic E-state index is 0.0322. The monoisotopic (exact) mass is 446 g/mol. The summed E-state index contributed by atoms with van der Waals surface area (Å²) in [6, 6.07) is 1.95. The number of hydrogen-bond donors (Lipinski definition) is 1. The lowest BCUT2D eigenvalue weighted by Crippen LogP contribution is -2.33. The maximum Gasteiger partial charge on any atom is 0.416 e. The number of nitrogens with one attached hydrogen (secondary N) is 1. The molecule has 0 bridgehead atoms. The van der Waals surface area contributed by atoms with Crippen molar-refractivity contribution in [2.45, 2.75) is 78.1 Å². The van der Waals surface area contributed by atoms with Crippen LogP contribution in [0, 0.1) is 0 Å². The second kappa shape index (κ2) is 10.4. The molecule has 174 valence electrons. The molecule has 7 heteroatoms. The summed E-state index contributed by atoms with van der Waals surface area (Å²) in [6.45, 7) is 6.42. The summed E-state index contributed by atoms with van der Waals surface area (Å²) in [5, 5.41) is 8.28. The predicted octanol–water partition coefficient (Wildman–Crippen LogP) is 6.69. The van der Waals surface area contributed by atoms with E-state index in [1.807, 2.05) is 10.7 Å². The van der Waals surface area contributed by atoms with Crippen molar-refractivity contribution in [1.82, 2.24) is 15.1 Å². The summed E-state index contributed by atoms with van der Waals surface area (Å²) in [5.74, 6) is 0.927. The standard InChI is InChI=1S/C25H33F3N4/c1-5-9-18(15-19(10-6-2)25(26,27)28)22-16-23-21(13-8-14-32(23)31-22)30-24(29-4)20-12-7-11-17(20)3/h5,9-10,15-16,21H,6-8,11-14H2,1-4H3,(H,29,30)/b9-5-,18-15+,19-10-. The highest BCUT2D eigenvalue weighted by molar-refractivity contribution is 5.99. The molecule has 0 amide bonds. The Hall–Kier alpha value is -2.57. The number of alkyl halides is 3. The molecule has 0 saturated carbocycles. The van der Waals surface area contributed by atoms with Crippen LogP contribution < -0.4 is 5.32 Å². The van der Waals surface area contributed by atoms with Gasteiger partial charge in [0.2, 0.25) is 0 Å². The molecule has 0 spiro atoms. The normalized spacial score (nSPS) is 21.0. The third-order valence-corrected chi connectivity index (χ3v) is 6.05. The van der Waals surface area contributed by atoms with Gasteiger partial charge in [-0.3, -0.25) is 9.67 Å². The van der Waals surface area contributed by atoms with Gasteiger partial charge in [-0.1, -0.05) is 30.7 Å². The van der Waals surface area contributed by atoms with Crippen molar-refractivity contribution in [2.75, 3.05) is 7.05 Å². The zero-order valence-electron chi connectivity index (χ0n) is 19.4. The maximum atomic E-state index is 13.5. The number of halogens is 3. The third-order valence-electron chi connectivity index (χ3n) is 6.05. The molecule has 3 rings (SSSR count). The Labute approximate surface area is 188 Å². The van der Waals surface area contributed by atoms with Crippen LogP contribution in [-0.2, 0) is 6.54 Å². The Bertz CT molecular complexity index is 974. The second-order valence-corrected chi connectivity index (χ2v) is 8.37. The van der Waals surface area contributed by atoms with Gasteiger partial charge in [-0.2, -0.15) is 18.3 Å². The molecule has 1 aromatic heterocycles. The van der Waals surface area contributed by atoms with E-state index in [4.69, 9.17) is 0 Å². The first-order valence-electron chi connectivity index (χ1n) is 11.4. The minimum Gasteiger partial charge on any atom is -0.362 e. The fraction of sp³-hybridized carbons (Fsp3) is 0.520. The molecule has 1 atom stereocenters. The first-order valence-corrected chi connectivity index (χ1v) is 11.4. The van der Waals surface area contributed by atoms with E-state index in [2.05, 4.69) is 22.3 Å². The van der Waals surface area contributed by atoms with Gasteiger partial charge in [0.15, 0.2) is 0 Å². The van der Waals surface area contributed by atoms with Gasteiger partial charge in [-0.15, -0.1) is 0 Å². The van der Waals surface area contributed by atoms with Crippen LogP contribution in [0.1, 0.15) is 76.7 Å². The Morgan fingerprint density at radius 2 is 2.09 bits per heavy atom. The van der Waals surface area contributed by atoms with E-state index >= 15 is 0 Å². The number of aryl methyl sites for hydroxylation is 1. The summed E-state index contributed by atoms with van der Waals surface area (Å²) in [7, 11) is 1.80. The van der Waals surface area contributed by atoms with Gasteiger partial charge < -0.3 is 5.32 Å². The average Bonchev–Trinajstić information content (AvgIpc) is 3.37. The van der Waals surface area contributed by atoms with Crippen LogP contribution in [-0.4, -0.2) is 28.8 Å². The van der Waals surface area contributed by atoms with Crippen LogP contribution in [0.15, 0.2) is 52.1 Å². The van der Waals surface area contributed by atoms with E-state index < -0.39 is 11.7 Å². The fourth-order valence-corrected chi connectivity index (χ4v) is 4.47. The van der Waals surface area contributed by atoms with Crippen molar-refractivity contribution < 1.29 is 13.2 Å². The molecule has 0 saturated heterocycles. The Morgan fingerprint density at radius 1 is 1.31 bits per heavy atom. The van der Waals surface area contributed by atoms with E-state index in [9.17, 15) is 13.2 Å². The highest BCUT2D eigenvalue weighted by Gasteiger charge is 2.32. The number of aromatic nitrogens is 2. The zero-order valence-corrected chi connectivity index (χ0v) is 19.4. The fourth-order valence-electron chi connectivity index (χ4n) is 4.47. The number of amidine groups is 1. The lowest BCUT2D eigenvalue weighted by molar-refractivity contribution is -0.0883. The van der Waals surface area contributed by atoms with Gasteiger partial charge in [0.05, 0.1) is 23.0 Å².